The molecule has 0 spiro atoms. The first-order valence-corrected chi connectivity index (χ1v) is 5.43. The molecule has 0 aliphatic heterocycles. The van der Waals surface area contributed by atoms with Crippen LogP contribution in [0, 0.1) is 12.8 Å². The van der Waals surface area contributed by atoms with Crippen LogP contribution in [0.15, 0.2) is 12.1 Å². The smallest absolute Gasteiger partial charge is 0.213 e. The lowest BCUT2D eigenvalue weighted by atomic mass is 10.1. The number of nitrogens with zero attached hydrogens (tertiary/aromatic N) is 1. The summed E-state index contributed by atoms with van der Waals surface area (Å²) in [7, 11) is 0. The van der Waals surface area contributed by atoms with E-state index in [1.165, 1.54) is 0 Å². The maximum absolute atomic E-state index is 5.56. The molecule has 0 amide bonds. The van der Waals surface area contributed by atoms with Crippen LogP contribution in [0.1, 0.15) is 31.5 Å². The third-order valence-electron chi connectivity index (χ3n) is 2.33. The largest absolute Gasteiger partial charge is 0.478 e. The molecule has 0 bridgehead atoms. The summed E-state index contributed by atoms with van der Waals surface area (Å²) in [6, 6.07) is 3.86. The molecule has 1 heterocycles. The van der Waals surface area contributed by atoms with Crippen molar-refractivity contribution in [2.24, 2.45) is 11.7 Å². The predicted octanol–water partition coefficient (Wildman–Crippen LogP) is 2.27. The van der Waals surface area contributed by atoms with E-state index in [2.05, 4.69) is 18.8 Å². The Morgan fingerprint density at radius 1 is 1.40 bits per heavy atom. The average Bonchev–Trinajstić information content (AvgIpc) is 2.17. The molecule has 1 rings (SSSR count). The third kappa shape index (κ3) is 3.88. The number of rotatable bonds is 5. The Kier molecular flexibility index (Phi) is 4.56. The normalized spacial score (nSPS) is 10.7. The number of pyridine rings is 1. The van der Waals surface area contributed by atoms with Crippen LogP contribution >= 0.6 is 0 Å². The van der Waals surface area contributed by atoms with E-state index in [-0.39, 0.29) is 0 Å². The molecule has 0 radical (unpaired) electrons. The van der Waals surface area contributed by atoms with Gasteiger partial charge in [-0.3, -0.25) is 0 Å². The Morgan fingerprint density at radius 2 is 2.13 bits per heavy atom. The monoisotopic (exact) mass is 208 g/mol. The second-order valence-electron chi connectivity index (χ2n) is 4.13. The van der Waals surface area contributed by atoms with Crippen molar-refractivity contribution in [1.29, 1.82) is 0 Å². The van der Waals surface area contributed by atoms with Gasteiger partial charge in [0.1, 0.15) is 0 Å². The minimum absolute atomic E-state index is 0.533. The average molecular weight is 208 g/mol. The zero-order valence-corrected chi connectivity index (χ0v) is 9.79. The molecule has 0 saturated heterocycles. The number of aromatic nitrogens is 1. The SMILES string of the molecule is Cc1nc(OCCC(C)C)ccc1CN. The maximum atomic E-state index is 5.56. The van der Waals surface area contributed by atoms with Gasteiger partial charge in [0.2, 0.25) is 5.88 Å². The van der Waals surface area contributed by atoms with Gasteiger partial charge in [-0.25, -0.2) is 4.98 Å². The number of hydrogen-bond donors (Lipinski definition) is 1. The molecular weight excluding hydrogens is 188 g/mol. The lowest BCUT2D eigenvalue weighted by Crippen LogP contribution is -2.05. The molecule has 1 aromatic rings. The maximum Gasteiger partial charge on any atom is 0.213 e. The van der Waals surface area contributed by atoms with Crippen molar-refractivity contribution in [1.82, 2.24) is 4.98 Å². The summed E-state index contributed by atoms with van der Waals surface area (Å²) >= 11 is 0. The zero-order valence-electron chi connectivity index (χ0n) is 9.79. The fourth-order valence-electron chi connectivity index (χ4n) is 1.26. The van der Waals surface area contributed by atoms with Crippen molar-refractivity contribution in [2.45, 2.75) is 33.7 Å². The number of hydrogen-bond acceptors (Lipinski definition) is 3. The van der Waals surface area contributed by atoms with Crippen LogP contribution < -0.4 is 10.5 Å². The summed E-state index contributed by atoms with van der Waals surface area (Å²) in [6.45, 7) is 7.58. The lowest BCUT2D eigenvalue weighted by Gasteiger charge is -2.09. The van der Waals surface area contributed by atoms with Crippen LogP contribution in [0.4, 0.5) is 0 Å². The van der Waals surface area contributed by atoms with Crippen molar-refractivity contribution in [2.75, 3.05) is 6.61 Å². The van der Waals surface area contributed by atoms with Crippen molar-refractivity contribution < 1.29 is 4.74 Å². The van der Waals surface area contributed by atoms with Crippen LogP contribution in [0.5, 0.6) is 5.88 Å². The molecule has 15 heavy (non-hydrogen) atoms. The Balaban J connectivity index is 2.52. The minimum atomic E-state index is 0.533. The number of ether oxygens (including phenoxy) is 1. The molecule has 0 saturated carbocycles. The summed E-state index contributed by atoms with van der Waals surface area (Å²) in [5, 5.41) is 0. The molecule has 0 aromatic carbocycles. The highest BCUT2D eigenvalue weighted by atomic mass is 16.5. The van der Waals surface area contributed by atoms with E-state index in [0.29, 0.717) is 18.3 Å². The second kappa shape index (κ2) is 5.71. The molecule has 84 valence electrons. The minimum Gasteiger partial charge on any atom is -0.478 e. The molecule has 0 unspecified atom stereocenters. The van der Waals surface area contributed by atoms with Crippen molar-refractivity contribution >= 4 is 0 Å². The molecule has 3 nitrogen and oxygen atoms in total. The first-order valence-electron chi connectivity index (χ1n) is 5.43. The van der Waals surface area contributed by atoms with Crippen molar-refractivity contribution in [3.05, 3.63) is 23.4 Å². The first-order chi connectivity index (χ1) is 7.13. The van der Waals surface area contributed by atoms with E-state index in [0.717, 1.165) is 24.3 Å². The van der Waals surface area contributed by atoms with Crippen LogP contribution in [0.3, 0.4) is 0 Å². The van der Waals surface area contributed by atoms with Crippen molar-refractivity contribution in [3.63, 3.8) is 0 Å². The predicted molar refractivity (Wildman–Crippen MR) is 61.8 cm³/mol. The zero-order chi connectivity index (χ0) is 11.3. The van der Waals surface area contributed by atoms with Gasteiger partial charge >= 0.3 is 0 Å². The van der Waals surface area contributed by atoms with Gasteiger partial charge in [-0.15, -0.1) is 0 Å². The number of aryl methyl sites for hydroxylation is 1. The summed E-state index contributed by atoms with van der Waals surface area (Å²) in [4.78, 5) is 4.34. The molecule has 0 fully saturated rings. The van der Waals surface area contributed by atoms with Gasteiger partial charge in [0.25, 0.3) is 0 Å². The molecule has 0 atom stereocenters. The second-order valence-corrected chi connectivity index (χ2v) is 4.13. The summed E-state index contributed by atoms with van der Waals surface area (Å²) < 4.78 is 5.55. The Morgan fingerprint density at radius 3 is 2.67 bits per heavy atom. The van der Waals surface area contributed by atoms with Crippen LogP contribution in [0.2, 0.25) is 0 Å². The molecule has 0 aliphatic carbocycles. The fourth-order valence-corrected chi connectivity index (χ4v) is 1.26. The lowest BCUT2D eigenvalue weighted by molar-refractivity contribution is 0.279. The van der Waals surface area contributed by atoms with Gasteiger partial charge in [-0.1, -0.05) is 19.9 Å². The summed E-state index contributed by atoms with van der Waals surface area (Å²) in [6.07, 6.45) is 1.05. The summed E-state index contributed by atoms with van der Waals surface area (Å²) in [5.74, 6) is 1.36. The molecule has 2 N–H and O–H groups in total. The van der Waals surface area contributed by atoms with Gasteiger partial charge in [0.15, 0.2) is 0 Å². The first kappa shape index (κ1) is 12.0. The highest BCUT2D eigenvalue weighted by Gasteiger charge is 2.01. The van der Waals surface area contributed by atoms with Crippen molar-refractivity contribution in [3.8, 4) is 5.88 Å². The molecular formula is C12H20N2O. The third-order valence-corrected chi connectivity index (χ3v) is 2.33. The topological polar surface area (TPSA) is 48.1 Å². The molecule has 3 heteroatoms. The van der Waals surface area contributed by atoms with E-state index in [1.807, 2.05) is 19.1 Å². The van der Waals surface area contributed by atoms with Gasteiger partial charge in [-0.05, 0) is 24.8 Å². The Hall–Kier alpha value is -1.09. The van der Waals surface area contributed by atoms with Crippen LogP contribution in [-0.4, -0.2) is 11.6 Å². The fraction of sp³-hybridized carbons (Fsp3) is 0.583. The molecule has 0 aliphatic rings. The van der Waals surface area contributed by atoms with E-state index in [4.69, 9.17) is 10.5 Å². The van der Waals surface area contributed by atoms with Gasteiger partial charge in [-0.2, -0.15) is 0 Å². The van der Waals surface area contributed by atoms with E-state index < -0.39 is 0 Å². The molecule has 1 aromatic heterocycles. The van der Waals surface area contributed by atoms with Gasteiger partial charge in [0, 0.05) is 18.3 Å². The Labute approximate surface area is 91.7 Å². The highest BCUT2D eigenvalue weighted by molar-refractivity contribution is 5.24. The van der Waals surface area contributed by atoms with E-state index in [1.54, 1.807) is 0 Å². The Bertz CT molecular complexity index is 310. The standard InChI is InChI=1S/C12H20N2O/c1-9(2)6-7-15-12-5-4-11(8-13)10(3)14-12/h4-5,9H,6-8,13H2,1-3H3. The van der Waals surface area contributed by atoms with E-state index >= 15 is 0 Å². The quantitative estimate of drug-likeness (QED) is 0.807. The van der Waals surface area contributed by atoms with Crippen LogP contribution in [-0.2, 0) is 6.54 Å². The number of nitrogens with two attached hydrogens (primary N) is 1. The highest BCUT2D eigenvalue weighted by Crippen LogP contribution is 2.12. The van der Waals surface area contributed by atoms with Crippen LogP contribution in [0.25, 0.3) is 0 Å². The summed E-state index contributed by atoms with van der Waals surface area (Å²) in [5.41, 5.74) is 7.59. The van der Waals surface area contributed by atoms with E-state index in [9.17, 15) is 0 Å². The van der Waals surface area contributed by atoms with Gasteiger partial charge < -0.3 is 10.5 Å². The van der Waals surface area contributed by atoms with Gasteiger partial charge in [0.05, 0.1) is 6.61 Å².